The number of thiophene rings is 1. The van der Waals surface area contributed by atoms with Gasteiger partial charge in [0.15, 0.2) is 6.04 Å². The number of carboxylic acids is 1. The van der Waals surface area contributed by atoms with E-state index in [0.29, 0.717) is 29.5 Å². The van der Waals surface area contributed by atoms with E-state index in [1.807, 2.05) is 5.38 Å². The maximum absolute atomic E-state index is 12.3. The first kappa shape index (κ1) is 14.0. The Morgan fingerprint density at radius 1 is 1.52 bits per heavy atom. The van der Waals surface area contributed by atoms with Crippen molar-refractivity contribution in [1.82, 2.24) is 14.3 Å². The zero-order valence-electron chi connectivity index (χ0n) is 11.1. The second-order valence-electron chi connectivity index (χ2n) is 4.56. The lowest BCUT2D eigenvalue weighted by atomic mass is 10.0. The monoisotopic (exact) mass is 324 g/mol. The second kappa shape index (κ2) is 5.41. The molecular formula is C12H12N4O3S2. The van der Waals surface area contributed by atoms with Crippen LogP contribution in [-0.2, 0) is 11.2 Å². The molecule has 0 aromatic carbocycles. The smallest absolute Gasteiger partial charge is 0.331 e. The van der Waals surface area contributed by atoms with Gasteiger partial charge in [-0.05, 0) is 30.4 Å². The molecule has 1 aliphatic rings. The molecule has 1 atom stereocenters. The third-order valence-electron chi connectivity index (χ3n) is 3.20. The Morgan fingerprint density at radius 2 is 2.33 bits per heavy atom. The van der Waals surface area contributed by atoms with Crippen molar-refractivity contribution in [3.63, 3.8) is 0 Å². The summed E-state index contributed by atoms with van der Waals surface area (Å²) < 4.78 is 3.98. The van der Waals surface area contributed by atoms with Gasteiger partial charge in [0.05, 0.1) is 0 Å². The molecule has 9 heteroatoms. The molecule has 1 aliphatic heterocycles. The first-order valence-corrected chi connectivity index (χ1v) is 7.88. The first-order chi connectivity index (χ1) is 10.1. The average Bonchev–Trinajstić information content (AvgIpc) is 3.05. The highest BCUT2D eigenvalue weighted by molar-refractivity contribution is 7.10. The summed E-state index contributed by atoms with van der Waals surface area (Å²) in [5.74, 6) is -0.457. The van der Waals surface area contributed by atoms with Crippen molar-refractivity contribution in [3.8, 4) is 0 Å². The molecule has 110 valence electrons. The average molecular weight is 324 g/mol. The zero-order valence-corrected chi connectivity index (χ0v) is 12.7. The molecule has 7 nitrogen and oxygen atoms in total. The van der Waals surface area contributed by atoms with Crippen molar-refractivity contribution in [2.24, 2.45) is 0 Å². The van der Waals surface area contributed by atoms with Crippen molar-refractivity contribution in [3.05, 3.63) is 27.7 Å². The van der Waals surface area contributed by atoms with E-state index in [2.05, 4.69) is 14.7 Å². The fourth-order valence-electron chi connectivity index (χ4n) is 2.31. The van der Waals surface area contributed by atoms with Gasteiger partial charge in [0.2, 0.25) is 5.13 Å². The molecule has 3 rings (SSSR count). The van der Waals surface area contributed by atoms with Gasteiger partial charge in [-0.2, -0.15) is 4.37 Å². The number of aliphatic carboxylic acids is 1. The molecule has 2 aromatic rings. The van der Waals surface area contributed by atoms with Crippen molar-refractivity contribution in [2.75, 3.05) is 11.9 Å². The highest BCUT2D eigenvalue weighted by Gasteiger charge is 2.36. The number of aryl methyl sites for hydroxylation is 1. The van der Waals surface area contributed by atoms with Crippen LogP contribution >= 0.6 is 22.9 Å². The van der Waals surface area contributed by atoms with Gasteiger partial charge in [-0.25, -0.2) is 14.6 Å². The van der Waals surface area contributed by atoms with Crippen molar-refractivity contribution in [2.45, 2.75) is 19.4 Å². The quantitative estimate of drug-likeness (QED) is 0.882. The molecule has 0 spiro atoms. The van der Waals surface area contributed by atoms with Crippen LogP contribution in [-0.4, -0.2) is 37.9 Å². The molecule has 21 heavy (non-hydrogen) atoms. The Hall–Kier alpha value is -2.00. The molecular weight excluding hydrogens is 312 g/mol. The third-order valence-corrected chi connectivity index (χ3v) is 4.92. The highest BCUT2D eigenvalue weighted by atomic mass is 32.1. The van der Waals surface area contributed by atoms with E-state index in [1.54, 1.807) is 13.0 Å². The highest BCUT2D eigenvalue weighted by Crippen LogP contribution is 2.33. The van der Waals surface area contributed by atoms with Gasteiger partial charge in [0.25, 0.3) is 0 Å². The molecule has 0 radical (unpaired) electrons. The van der Waals surface area contributed by atoms with Gasteiger partial charge in [0, 0.05) is 23.0 Å². The molecule has 2 N–H and O–H groups in total. The van der Waals surface area contributed by atoms with Gasteiger partial charge in [-0.1, -0.05) is 0 Å². The number of urea groups is 1. The lowest BCUT2D eigenvalue weighted by Crippen LogP contribution is -2.45. The topological polar surface area (TPSA) is 95.4 Å². The molecule has 0 saturated heterocycles. The summed E-state index contributed by atoms with van der Waals surface area (Å²) in [5.41, 5.74) is 0.697. The largest absolute Gasteiger partial charge is 0.479 e. The van der Waals surface area contributed by atoms with Crippen LogP contribution in [0.3, 0.4) is 0 Å². The van der Waals surface area contributed by atoms with E-state index in [4.69, 9.17) is 0 Å². The fraction of sp³-hybridized carbons (Fsp3) is 0.333. The third kappa shape index (κ3) is 2.61. The Labute approximate surface area is 128 Å². The van der Waals surface area contributed by atoms with Crippen LogP contribution in [0, 0.1) is 6.92 Å². The van der Waals surface area contributed by atoms with Gasteiger partial charge in [0.1, 0.15) is 5.82 Å². The number of carboxylic acid groups (broad SMARTS) is 1. The molecule has 0 bridgehead atoms. The van der Waals surface area contributed by atoms with Crippen LogP contribution in [0.25, 0.3) is 0 Å². The number of rotatable bonds is 2. The Bertz CT molecular complexity index is 696. The van der Waals surface area contributed by atoms with E-state index in [-0.39, 0.29) is 0 Å². The second-order valence-corrected chi connectivity index (χ2v) is 6.31. The van der Waals surface area contributed by atoms with Crippen molar-refractivity contribution >= 4 is 40.0 Å². The maximum atomic E-state index is 12.3. The normalized spacial score (nSPS) is 17.4. The summed E-state index contributed by atoms with van der Waals surface area (Å²) in [6, 6.07) is 0.359. The van der Waals surface area contributed by atoms with Crippen molar-refractivity contribution < 1.29 is 14.7 Å². The predicted octanol–water partition coefficient (Wildman–Crippen LogP) is 2.12. The molecule has 2 aromatic heterocycles. The number of nitrogens with zero attached hydrogens (tertiary/aromatic N) is 3. The van der Waals surface area contributed by atoms with Crippen LogP contribution in [0.1, 0.15) is 22.3 Å². The van der Waals surface area contributed by atoms with Crippen LogP contribution in [0.5, 0.6) is 0 Å². The minimum absolute atomic E-state index is 0.369. The van der Waals surface area contributed by atoms with Gasteiger partial charge in [-0.15, -0.1) is 11.3 Å². The lowest BCUT2D eigenvalue weighted by Gasteiger charge is -2.32. The van der Waals surface area contributed by atoms with Gasteiger partial charge < -0.3 is 10.0 Å². The zero-order chi connectivity index (χ0) is 15.0. The molecule has 1 unspecified atom stereocenters. The van der Waals surface area contributed by atoms with E-state index in [9.17, 15) is 14.7 Å². The number of carbonyl (C=O) groups is 2. The number of fused-ring (bicyclic) bond motifs is 1. The number of nitrogens with one attached hydrogen (secondary N) is 1. The predicted molar refractivity (Wildman–Crippen MR) is 78.8 cm³/mol. The van der Waals surface area contributed by atoms with Gasteiger partial charge in [-0.3, -0.25) is 5.32 Å². The number of hydrogen-bond acceptors (Lipinski definition) is 6. The van der Waals surface area contributed by atoms with Crippen LogP contribution < -0.4 is 5.32 Å². The first-order valence-electron chi connectivity index (χ1n) is 6.23. The maximum Gasteiger partial charge on any atom is 0.331 e. The van der Waals surface area contributed by atoms with E-state index < -0.39 is 18.0 Å². The van der Waals surface area contributed by atoms with Crippen LogP contribution in [0.2, 0.25) is 0 Å². The minimum Gasteiger partial charge on any atom is -0.479 e. The summed E-state index contributed by atoms with van der Waals surface area (Å²) in [7, 11) is 0. The number of aromatic nitrogens is 2. The summed E-state index contributed by atoms with van der Waals surface area (Å²) in [5, 5.41) is 14.3. The van der Waals surface area contributed by atoms with Crippen molar-refractivity contribution in [1.29, 1.82) is 0 Å². The van der Waals surface area contributed by atoms with Crippen LogP contribution in [0.15, 0.2) is 11.4 Å². The van der Waals surface area contributed by atoms with Crippen LogP contribution in [0.4, 0.5) is 9.93 Å². The van der Waals surface area contributed by atoms with Gasteiger partial charge >= 0.3 is 12.0 Å². The number of hydrogen-bond donors (Lipinski definition) is 2. The minimum atomic E-state index is -1.03. The molecule has 3 heterocycles. The van der Waals surface area contributed by atoms with E-state index in [0.717, 1.165) is 16.4 Å². The standard InChI is InChI=1S/C12H12N4O3S2/c1-6-13-11(21-15-6)14-12(19)16-4-2-8-7(3-5-20-8)9(16)10(17)18/h3,5,9H,2,4H2,1H3,(H,17,18)(H,13,14,15,19). The number of anilines is 1. The molecule has 2 amide bonds. The summed E-state index contributed by atoms with van der Waals surface area (Å²) in [6.07, 6.45) is 0.666. The summed E-state index contributed by atoms with van der Waals surface area (Å²) in [4.78, 5) is 30.3. The summed E-state index contributed by atoms with van der Waals surface area (Å²) in [6.45, 7) is 2.10. The molecule has 0 fully saturated rings. The summed E-state index contributed by atoms with van der Waals surface area (Å²) >= 11 is 2.60. The Balaban J connectivity index is 1.84. The van der Waals surface area contributed by atoms with E-state index in [1.165, 1.54) is 16.2 Å². The Morgan fingerprint density at radius 3 is 3.00 bits per heavy atom. The fourth-order valence-corrected chi connectivity index (χ4v) is 3.78. The molecule has 0 aliphatic carbocycles. The lowest BCUT2D eigenvalue weighted by molar-refractivity contribution is -0.142. The molecule has 0 saturated carbocycles. The SMILES string of the molecule is Cc1nsc(NC(=O)N2CCc3sccc3C2C(=O)O)n1. The van der Waals surface area contributed by atoms with E-state index >= 15 is 0 Å². The Kier molecular flexibility index (Phi) is 3.60. The number of carbonyl (C=O) groups excluding carboxylic acids is 1. The number of amides is 2.